The number of aryl methyl sites for hydroxylation is 1. The fraction of sp³-hybridized carbons (Fsp3) is 0.143. The number of nitrogens with one attached hydrogen (secondary N) is 2. The second kappa shape index (κ2) is 11.2. The lowest BCUT2D eigenvalue weighted by Crippen LogP contribution is -2.54. The number of carbonyl (C=O) groups excluding carboxylic acids is 4. The zero-order valence-corrected chi connectivity index (χ0v) is 20.3. The van der Waals surface area contributed by atoms with Gasteiger partial charge in [-0.25, -0.2) is 9.69 Å². The van der Waals surface area contributed by atoms with Gasteiger partial charge in [0.25, 0.3) is 17.7 Å². The Morgan fingerprint density at radius 3 is 2.38 bits per heavy atom. The molecule has 1 aliphatic heterocycles. The van der Waals surface area contributed by atoms with Gasteiger partial charge in [0.2, 0.25) is 0 Å². The topological polar surface area (TPSA) is 114 Å². The maximum absolute atomic E-state index is 13.1. The van der Waals surface area contributed by atoms with Crippen LogP contribution in [0.4, 0.5) is 16.2 Å². The number of imide groups is 2. The molecule has 4 rings (SSSR count). The SMILES string of the molecule is CCOc1cc(/C=C2/C(=O)NC(=O)N(c3ccccc3)C2=O)ccc1OCC(=O)Nc1ccc(C)cc1. The molecule has 188 valence electrons. The van der Waals surface area contributed by atoms with Crippen LogP contribution in [0.25, 0.3) is 6.08 Å². The lowest BCUT2D eigenvalue weighted by Gasteiger charge is -2.26. The Balaban J connectivity index is 1.52. The number of urea groups is 1. The first-order valence-corrected chi connectivity index (χ1v) is 11.6. The van der Waals surface area contributed by atoms with E-state index in [9.17, 15) is 19.2 Å². The number of hydrogen-bond acceptors (Lipinski definition) is 6. The predicted octanol–water partition coefficient (Wildman–Crippen LogP) is 4.08. The van der Waals surface area contributed by atoms with E-state index in [1.54, 1.807) is 67.6 Å². The van der Waals surface area contributed by atoms with E-state index in [0.29, 0.717) is 35.0 Å². The number of barbiturate groups is 1. The van der Waals surface area contributed by atoms with E-state index in [0.717, 1.165) is 10.5 Å². The smallest absolute Gasteiger partial charge is 0.335 e. The van der Waals surface area contributed by atoms with E-state index in [2.05, 4.69) is 10.6 Å². The Labute approximate surface area is 213 Å². The van der Waals surface area contributed by atoms with Crippen molar-refractivity contribution in [2.45, 2.75) is 13.8 Å². The van der Waals surface area contributed by atoms with Gasteiger partial charge in [0, 0.05) is 5.69 Å². The maximum atomic E-state index is 13.1. The lowest BCUT2D eigenvalue weighted by molar-refractivity contribution is -0.122. The molecule has 3 aromatic carbocycles. The third-order valence-electron chi connectivity index (χ3n) is 5.39. The van der Waals surface area contributed by atoms with Gasteiger partial charge in [0.15, 0.2) is 18.1 Å². The number of amides is 5. The van der Waals surface area contributed by atoms with Gasteiger partial charge in [-0.2, -0.15) is 0 Å². The Morgan fingerprint density at radius 1 is 0.946 bits per heavy atom. The molecule has 5 amide bonds. The molecule has 1 fully saturated rings. The third kappa shape index (κ3) is 6.02. The van der Waals surface area contributed by atoms with Gasteiger partial charge in [-0.1, -0.05) is 42.0 Å². The first kappa shape index (κ1) is 25.2. The lowest BCUT2D eigenvalue weighted by atomic mass is 10.1. The van der Waals surface area contributed by atoms with Crippen LogP contribution in [0.3, 0.4) is 0 Å². The minimum Gasteiger partial charge on any atom is -0.490 e. The summed E-state index contributed by atoms with van der Waals surface area (Å²) >= 11 is 0. The molecule has 0 spiro atoms. The number of hydrogen-bond donors (Lipinski definition) is 2. The Kier molecular flexibility index (Phi) is 7.63. The van der Waals surface area contributed by atoms with E-state index in [1.807, 2.05) is 19.1 Å². The summed E-state index contributed by atoms with van der Waals surface area (Å²) in [5.74, 6) is -1.23. The first-order chi connectivity index (χ1) is 17.9. The average Bonchev–Trinajstić information content (AvgIpc) is 2.88. The number of benzene rings is 3. The summed E-state index contributed by atoms with van der Waals surface area (Å²) in [7, 11) is 0. The second-order valence-corrected chi connectivity index (χ2v) is 8.14. The molecule has 0 saturated carbocycles. The summed E-state index contributed by atoms with van der Waals surface area (Å²) in [6, 6.07) is 19.7. The molecule has 1 aliphatic rings. The van der Waals surface area contributed by atoms with E-state index < -0.39 is 17.8 Å². The van der Waals surface area contributed by atoms with Crippen molar-refractivity contribution in [2.75, 3.05) is 23.4 Å². The van der Waals surface area contributed by atoms with Gasteiger partial charge in [-0.3, -0.25) is 19.7 Å². The fourth-order valence-electron chi connectivity index (χ4n) is 3.61. The molecule has 0 bridgehead atoms. The molecule has 37 heavy (non-hydrogen) atoms. The highest BCUT2D eigenvalue weighted by atomic mass is 16.5. The summed E-state index contributed by atoms with van der Waals surface area (Å²) in [4.78, 5) is 51.1. The van der Waals surface area contributed by atoms with Gasteiger partial charge < -0.3 is 14.8 Å². The predicted molar refractivity (Wildman–Crippen MR) is 138 cm³/mol. The van der Waals surface area contributed by atoms with Crippen molar-refractivity contribution in [2.24, 2.45) is 0 Å². The summed E-state index contributed by atoms with van der Waals surface area (Å²) < 4.78 is 11.3. The van der Waals surface area contributed by atoms with Crippen LogP contribution in [0.1, 0.15) is 18.1 Å². The van der Waals surface area contributed by atoms with Gasteiger partial charge in [-0.15, -0.1) is 0 Å². The molecule has 9 heteroatoms. The van der Waals surface area contributed by atoms with Crippen LogP contribution in [-0.2, 0) is 14.4 Å². The summed E-state index contributed by atoms with van der Waals surface area (Å²) in [5.41, 5.74) is 2.34. The first-order valence-electron chi connectivity index (χ1n) is 11.6. The molecular weight excluding hydrogens is 474 g/mol. The van der Waals surface area contributed by atoms with Crippen LogP contribution in [0, 0.1) is 6.92 Å². The minimum absolute atomic E-state index is 0.211. The fourth-order valence-corrected chi connectivity index (χ4v) is 3.61. The van der Waals surface area contributed by atoms with Crippen molar-refractivity contribution in [3.05, 3.63) is 89.5 Å². The quantitative estimate of drug-likeness (QED) is 0.357. The van der Waals surface area contributed by atoms with Crippen molar-refractivity contribution in [1.82, 2.24) is 5.32 Å². The number of nitrogens with zero attached hydrogens (tertiary/aromatic N) is 1. The average molecular weight is 500 g/mol. The van der Waals surface area contributed by atoms with Crippen molar-refractivity contribution in [3.63, 3.8) is 0 Å². The molecule has 0 unspecified atom stereocenters. The molecule has 2 N–H and O–H groups in total. The highest BCUT2D eigenvalue weighted by Gasteiger charge is 2.36. The van der Waals surface area contributed by atoms with Gasteiger partial charge in [-0.05, 0) is 61.9 Å². The molecule has 0 aromatic heterocycles. The van der Waals surface area contributed by atoms with Crippen molar-refractivity contribution < 1.29 is 28.7 Å². The van der Waals surface area contributed by atoms with Gasteiger partial charge in [0.1, 0.15) is 5.57 Å². The van der Waals surface area contributed by atoms with Crippen LogP contribution < -0.4 is 25.0 Å². The van der Waals surface area contributed by atoms with Crippen LogP contribution in [-0.4, -0.2) is 37.0 Å². The summed E-state index contributed by atoms with van der Waals surface area (Å²) in [6.45, 7) is 3.82. The molecule has 9 nitrogen and oxygen atoms in total. The largest absolute Gasteiger partial charge is 0.490 e. The number of anilines is 2. The zero-order chi connectivity index (χ0) is 26.4. The van der Waals surface area contributed by atoms with Crippen LogP contribution >= 0.6 is 0 Å². The van der Waals surface area contributed by atoms with Crippen LogP contribution in [0.5, 0.6) is 11.5 Å². The summed E-state index contributed by atoms with van der Waals surface area (Å²) in [5, 5.41) is 4.95. The highest BCUT2D eigenvalue weighted by molar-refractivity contribution is 6.39. The second-order valence-electron chi connectivity index (χ2n) is 8.14. The third-order valence-corrected chi connectivity index (χ3v) is 5.39. The monoisotopic (exact) mass is 499 g/mol. The number of para-hydroxylation sites is 1. The number of rotatable bonds is 8. The van der Waals surface area contributed by atoms with Crippen LogP contribution in [0.2, 0.25) is 0 Å². The van der Waals surface area contributed by atoms with Crippen molar-refractivity contribution in [3.8, 4) is 11.5 Å². The van der Waals surface area contributed by atoms with Crippen LogP contribution in [0.15, 0.2) is 78.4 Å². The molecule has 3 aromatic rings. The molecule has 1 heterocycles. The molecular formula is C28H25N3O6. The molecule has 0 aliphatic carbocycles. The van der Waals surface area contributed by atoms with Crippen molar-refractivity contribution >= 4 is 41.2 Å². The highest BCUT2D eigenvalue weighted by Crippen LogP contribution is 2.30. The Bertz CT molecular complexity index is 1370. The van der Waals surface area contributed by atoms with Crippen molar-refractivity contribution in [1.29, 1.82) is 0 Å². The standard InChI is InChI=1S/C28H25N3O6/c1-3-36-24-16-19(11-14-23(24)37-17-25(32)29-20-12-9-18(2)10-13-20)15-22-26(33)30-28(35)31(27(22)34)21-7-5-4-6-8-21/h4-16H,3,17H2,1-2H3,(H,29,32)(H,30,33,35)/b22-15-. The normalized spacial score (nSPS) is 14.4. The number of ether oxygens (including phenoxy) is 2. The number of carbonyl (C=O) groups is 4. The van der Waals surface area contributed by atoms with Gasteiger partial charge >= 0.3 is 6.03 Å². The van der Waals surface area contributed by atoms with Gasteiger partial charge in [0.05, 0.1) is 12.3 Å². The zero-order valence-electron chi connectivity index (χ0n) is 20.3. The molecule has 1 saturated heterocycles. The van der Waals surface area contributed by atoms with E-state index in [4.69, 9.17) is 9.47 Å². The Morgan fingerprint density at radius 2 is 1.68 bits per heavy atom. The van der Waals surface area contributed by atoms with E-state index in [1.165, 1.54) is 6.08 Å². The molecule has 0 radical (unpaired) electrons. The summed E-state index contributed by atoms with van der Waals surface area (Å²) in [6.07, 6.45) is 1.37. The van der Waals surface area contributed by atoms with E-state index >= 15 is 0 Å². The minimum atomic E-state index is -0.819. The Hall–Kier alpha value is -4.92. The maximum Gasteiger partial charge on any atom is 0.335 e. The van der Waals surface area contributed by atoms with E-state index in [-0.39, 0.29) is 18.1 Å². The molecule has 0 atom stereocenters.